The summed E-state index contributed by atoms with van der Waals surface area (Å²) in [6.45, 7) is 4.63. The number of amides is 2. The van der Waals surface area contributed by atoms with Gasteiger partial charge in [-0.3, -0.25) is 9.59 Å². The third-order valence-electron chi connectivity index (χ3n) is 6.32. The Morgan fingerprint density at radius 3 is 2.37 bits per heavy atom. The van der Waals surface area contributed by atoms with Gasteiger partial charge >= 0.3 is 0 Å². The maximum Gasteiger partial charge on any atom is 0.292 e. The summed E-state index contributed by atoms with van der Waals surface area (Å²) in [5, 5.41) is 0. The van der Waals surface area contributed by atoms with Crippen LogP contribution in [0.4, 0.5) is 5.69 Å². The summed E-state index contributed by atoms with van der Waals surface area (Å²) in [5.74, 6) is 1.28. The number of imide groups is 1. The van der Waals surface area contributed by atoms with Crippen LogP contribution in [0.1, 0.15) is 38.2 Å². The van der Waals surface area contributed by atoms with Crippen LogP contribution in [0, 0.1) is 5.92 Å². The molecule has 2 aromatic carbocycles. The van der Waals surface area contributed by atoms with Crippen LogP contribution >= 0.6 is 0 Å². The SMILES string of the molecule is CCCOc1ccc(N2C(=O)C[C@@H]([NH+]3CCC(Cc4ccccc4)CC3)C2=O)cc1. The summed E-state index contributed by atoms with van der Waals surface area (Å²) >= 11 is 0. The average Bonchev–Trinajstić information content (AvgIpc) is 3.08. The fraction of sp³-hybridized carbons (Fsp3) is 0.440. The molecule has 4 rings (SSSR count). The normalized spacial score (nSPS) is 24.3. The first-order valence-corrected chi connectivity index (χ1v) is 11.1. The molecule has 2 heterocycles. The number of piperidine rings is 1. The summed E-state index contributed by atoms with van der Waals surface area (Å²) in [6.07, 6.45) is 4.56. The van der Waals surface area contributed by atoms with Crippen molar-refractivity contribution in [2.45, 2.75) is 45.1 Å². The smallest absolute Gasteiger partial charge is 0.292 e. The largest absolute Gasteiger partial charge is 0.494 e. The molecule has 1 N–H and O–H groups in total. The van der Waals surface area contributed by atoms with Gasteiger partial charge in [0.15, 0.2) is 6.04 Å². The Morgan fingerprint density at radius 2 is 1.70 bits per heavy atom. The summed E-state index contributed by atoms with van der Waals surface area (Å²) in [7, 11) is 0. The third kappa shape index (κ3) is 4.57. The highest BCUT2D eigenvalue weighted by molar-refractivity contribution is 6.21. The van der Waals surface area contributed by atoms with E-state index in [2.05, 4.69) is 37.3 Å². The molecule has 0 saturated carbocycles. The lowest BCUT2D eigenvalue weighted by Gasteiger charge is -2.32. The van der Waals surface area contributed by atoms with Gasteiger partial charge in [-0.2, -0.15) is 0 Å². The number of hydrogen-bond donors (Lipinski definition) is 1. The predicted molar refractivity (Wildman–Crippen MR) is 117 cm³/mol. The molecule has 1 atom stereocenters. The molecule has 2 aliphatic rings. The van der Waals surface area contributed by atoms with Crippen molar-refractivity contribution < 1.29 is 19.2 Å². The van der Waals surface area contributed by atoms with E-state index in [-0.39, 0.29) is 17.9 Å². The van der Waals surface area contributed by atoms with Gasteiger partial charge in [0.25, 0.3) is 5.91 Å². The molecule has 0 unspecified atom stereocenters. The lowest BCUT2D eigenvalue weighted by molar-refractivity contribution is -0.920. The second-order valence-electron chi connectivity index (χ2n) is 8.46. The standard InChI is InChI=1S/C25H30N2O3/c1-2-16-30-22-10-8-21(9-11-22)27-24(28)18-23(25(27)29)26-14-12-20(13-15-26)17-19-6-4-3-5-7-19/h3-11,20,23H,2,12-18H2,1H3/p+1/t23-/m1/s1. The van der Waals surface area contributed by atoms with Crippen LogP contribution in [0.2, 0.25) is 0 Å². The van der Waals surface area contributed by atoms with Crippen LogP contribution in [0.3, 0.4) is 0 Å². The first-order valence-electron chi connectivity index (χ1n) is 11.1. The Balaban J connectivity index is 1.35. The van der Waals surface area contributed by atoms with E-state index in [4.69, 9.17) is 4.74 Å². The molecule has 2 aliphatic heterocycles. The van der Waals surface area contributed by atoms with E-state index in [1.807, 2.05) is 24.3 Å². The van der Waals surface area contributed by atoms with Crippen molar-refractivity contribution in [2.24, 2.45) is 5.92 Å². The van der Waals surface area contributed by atoms with Crippen molar-refractivity contribution in [3.05, 3.63) is 60.2 Å². The van der Waals surface area contributed by atoms with E-state index in [0.29, 0.717) is 24.6 Å². The summed E-state index contributed by atoms with van der Waals surface area (Å²) < 4.78 is 5.60. The molecule has 30 heavy (non-hydrogen) atoms. The molecule has 5 nitrogen and oxygen atoms in total. The fourth-order valence-electron chi connectivity index (χ4n) is 4.68. The lowest BCUT2D eigenvalue weighted by atomic mass is 9.89. The Bertz CT molecular complexity index is 858. The maximum absolute atomic E-state index is 13.1. The molecule has 2 amide bonds. The van der Waals surface area contributed by atoms with E-state index in [1.54, 1.807) is 0 Å². The van der Waals surface area contributed by atoms with E-state index in [9.17, 15) is 9.59 Å². The van der Waals surface area contributed by atoms with Gasteiger partial charge in [-0.1, -0.05) is 37.3 Å². The zero-order valence-corrected chi connectivity index (χ0v) is 17.7. The van der Waals surface area contributed by atoms with E-state index in [1.165, 1.54) is 15.4 Å². The van der Waals surface area contributed by atoms with Crippen LogP contribution in [0.5, 0.6) is 5.75 Å². The first-order chi connectivity index (χ1) is 14.7. The molecule has 5 heteroatoms. The number of nitrogens with one attached hydrogen (secondary N) is 1. The number of rotatable bonds is 7. The molecule has 0 aliphatic carbocycles. The van der Waals surface area contributed by atoms with Crippen molar-refractivity contribution in [1.82, 2.24) is 0 Å². The van der Waals surface area contributed by atoms with E-state index in [0.717, 1.165) is 44.5 Å². The van der Waals surface area contributed by atoms with Gasteiger partial charge in [0.05, 0.1) is 31.8 Å². The van der Waals surface area contributed by atoms with Gasteiger partial charge in [0.1, 0.15) is 5.75 Å². The Kier molecular flexibility index (Phi) is 6.48. The van der Waals surface area contributed by atoms with Gasteiger partial charge in [-0.25, -0.2) is 4.90 Å². The number of likely N-dealkylation sites (tertiary alicyclic amines) is 1. The number of carbonyl (C=O) groups excluding carboxylic acids is 2. The monoisotopic (exact) mass is 407 g/mol. The Morgan fingerprint density at radius 1 is 1.00 bits per heavy atom. The molecule has 2 aromatic rings. The molecule has 0 radical (unpaired) electrons. The molecule has 158 valence electrons. The van der Waals surface area contributed by atoms with Crippen molar-refractivity contribution in [3.63, 3.8) is 0 Å². The van der Waals surface area contributed by atoms with E-state index >= 15 is 0 Å². The molecule has 0 aromatic heterocycles. The fourth-order valence-corrected chi connectivity index (χ4v) is 4.68. The van der Waals surface area contributed by atoms with Crippen molar-refractivity contribution >= 4 is 17.5 Å². The Labute approximate surface area is 178 Å². The average molecular weight is 408 g/mol. The minimum atomic E-state index is -0.244. The van der Waals surface area contributed by atoms with Crippen LogP contribution in [0.15, 0.2) is 54.6 Å². The van der Waals surface area contributed by atoms with Crippen LogP contribution in [0.25, 0.3) is 0 Å². The van der Waals surface area contributed by atoms with Crippen molar-refractivity contribution in [2.75, 3.05) is 24.6 Å². The molecule has 0 bridgehead atoms. The molecule has 2 saturated heterocycles. The summed E-state index contributed by atoms with van der Waals surface area (Å²) in [5.41, 5.74) is 2.03. The van der Waals surface area contributed by atoms with Gasteiger partial charge in [-0.05, 0) is 61.4 Å². The number of carbonyl (C=O) groups is 2. The topological polar surface area (TPSA) is 51.0 Å². The molecular formula is C25H31N2O3+. The van der Waals surface area contributed by atoms with E-state index < -0.39 is 0 Å². The molecular weight excluding hydrogens is 376 g/mol. The number of ether oxygens (including phenoxy) is 1. The summed E-state index contributed by atoms with van der Waals surface area (Å²) in [6, 6.07) is 17.7. The van der Waals surface area contributed by atoms with Crippen LogP contribution in [-0.2, 0) is 16.0 Å². The van der Waals surface area contributed by atoms with Gasteiger partial charge in [-0.15, -0.1) is 0 Å². The van der Waals surface area contributed by atoms with Crippen LogP contribution in [-0.4, -0.2) is 37.6 Å². The second-order valence-corrected chi connectivity index (χ2v) is 8.46. The highest BCUT2D eigenvalue weighted by atomic mass is 16.5. The number of quaternary nitrogens is 1. The van der Waals surface area contributed by atoms with Gasteiger partial charge in [0.2, 0.25) is 5.91 Å². The van der Waals surface area contributed by atoms with Gasteiger partial charge < -0.3 is 9.64 Å². The minimum Gasteiger partial charge on any atom is -0.494 e. The van der Waals surface area contributed by atoms with Crippen molar-refractivity contribution in [3.8, 4) is 5.75 Å². The minimum absolute atomic E-state index is 0.0567. The maximum atomic E-state index is 13.1. The lowest BCUT2D eigenvalue weighted by Crippen LogP contribution is -3.17. The zero-order valence-electron chi connectivity index (χ0n) is 17.7. The first kappa shape index (κ1) is 20.6. The third-order valence-corrected chi connectivity index (χ3v) is 6.32. The van der Waals surface area contributed by atoms with Crippen molar-refractivity contribution in [1.29, 1.82) is 0 Å². The number of benzene rings is 2. The number of nitrogens with zero attached hydrogens (tertiary/aromatic N) is 1. The quantitative estimate of drug-likeness (QED) is 0.718. The predicted octanol–water partition coefficient (Wildman–Crippen LogP) is 2.64. The van der Waals surface area contributed by atoms with Gasteiger partial charge in [0, 0.05) is 0 Å². The highest BCUT2D eigenvalue weighted by Gasteiger charge is 2.46. The highest BCUT2D eigenvalue weighted by Crippen LogP contribution is 2.25. The summed E-state index contributed by atoms with van der Waals surface area (Å²) in [4.78, 5) is 28.4. The zero-order chi connectivity index (χ0) is 20.9. The van der Waals surface area contributed by atoms with Crippen LogP contribution < -0.4 is 14.5 Å². The molecule has 2 fully saturated rings. The molecule has 0 spiro atoms. The number of anilines is 1. The number of hydrogen-bond acceptors (Lipinski definition) is 3. The Hall–Kier alpha value is -2.66. The second kappa shape index (κ2) is 9.43.